The molecule has 4 bridgehead atoms. The maximum Gasteiger partial charge on any atom is 0.226 e. The van der Waals surface area contributed by atoms with E-state index in [1.165, 1.54) is 11.8 Å². The van der Waals surface area contributed by atoms with E-state index in [0.29, 0.717) is 59.6 Å². The van der Waals surface area contributed by atoms with E-state index in [-0.39, 0.29) is 57.1 Å². The number of benzene rings is 5. The van der Waals surface area contributed by atoms with Crippen LogP contribution in [0.25, 0.3) is 33.4 Å². The van der Waals surface area contributed by atoms with E-state index in [1.807, 2.05) is 42.5 Å². The summed E-state index contributed by atoms with van der Waals surface area (Å²) in [6.07, 6.45) is 1.50. The predicted octanol–water partition coefficient (Wildman–Crippen LogP) is 7.11. The van der Waals surface area contributed by atoms with Gasteiger partial charge in [0, 0.05) is 61.5 Å². The molecule has 5 aromatic rings. The molecule has 0 aromatic heterocycles. The van der Waals surface area contributed by atoms with Gasteiger partial charge >= 0.3 is 0 Å². The third kappa shape index (κ3) is 12.2. The van der Waals surface area contributed by atoms with Crippen LogP contribution in [0.3, 0.4) is 0 Å². The number of carbonyl (C=O) groups is 5. The van der Waals surface area contributed by atoms with Crippen molar-refractivity contribution in [1.29, 1.82) is 0 Å². The van der Waals surface area contributed by atoms with Gasteiger partial charge in [0.25, 0.3) is 0 Å². The number of unbranched alkanes of at least 4 members (excludes halogenated alkanes) is 1. The van der Waals surface area contributed by atoms with Crippen LogP contribution in [0.4, 0.5) is 0 Å². The molecule has 340 valence electrons. The fourth-order valence-electron chi connectivity index (χ4n) is 8.35. The van der Waals surface area contributed by atoms with Crippen LogP contribution in [-0.2, 0) is 25.6 Å². The molecule has 1 aliphatic rings. The van der Waals surface area contributed by atoms with Crippen molar-refractivity contribution < 1.29 is 33.4 Å². The molecule has 0 fully saturated rings. The van der Waals surface area contributed by atoms with Gasteiger partial charge in [0.15, 0.2) is 17.3 Å². The van der Waals surface area contributed by atoms with E-state index >= 15 is 0 Å². The summed E-state index contributed by atoms with van der Waals surface area (Å²) in [6.45, 7) is 4.37. The summed E-state index contributed by atoms with van der Waals surface area (Å²) in [5, 5.41) is 2.86. The van der Waals surface area contributed by atoms with Gasteiger partial charge in [-0.15, -0.1) is 0 Å². The zero-order valence-corrected chi connectivity index (χ0v) is 37.6. The lowest BCUT2D eigenvalue weighted by atomic mass is 9.87. The monoisotopic (exact) mass is 879 g/mol. The molecule has 1 heterocycles. The first kappa shape index (κ1) is 48.0. The van der Waals surface area contributed by atoms with Crippen molar-refractivity contribution in [2.45, 2.75) is 64.5 Å². The van der Waals surface area contributed by atoms with Crippen molar-refractivity contribution >= 4 is 29.2 Å². The fourth-order valence-corrected chi connectivity index (χ4v) is 8.35. The second kappa shape index (κ2) is 22.9. The second-order valence-electron chi connectivity index (χ2n) is 16.8. The van der Waals surface area contributed by atoms with Crippen molar-refractivity contribution in [3.8, 4) is 44.9 Å². The lowest BCUT2D eigenvalue weighted by Crippen LogP contribution is -2.45. The summed E-state index contributed by atoms with van der Waals surface area (Å²) in [6, 6.07) is 34.5. The minimum atomic E-state index is -1.16. The minimum absolute atomic E-state index is 0.0865. The Labute approximate surface area is 381 Å². The normalized spacial score (nSPS) is 16.7. The van der Waals surface area contributed by atoms with Crippen molar-refractivity contribution in [3.63, 3.8) is 0 Å². The van der Waals surface area contributed by atoms with Gasteiger partial charge in [-0.05, 0) is 90.4 Å². The number of hydrogen-bond donors (Lipinski definition) is 4. The summed E-state index contributed by atoms with van der Waals surface area (Å²) in [5.74, 6) is -2.35. The maximum atomic E-state index is 14.9. The number of hydrogen-bond acceptors (Lipinski definition) is 10. The standard InChI is InChI=1S/C53H61N5O7/c1-34-29-48(61)51(42-21-23-50(65-28-26-56)45(32-42)44-30-36(12-22-49(44)64-27-25-55)31-46(35(2)59)57-52(34)62)58(3)53(63)43(11-7-8-24-54)33-47(60)41-19-17-40(18-20-41)39-15-13-38(14-16-39)37-9-5-4-6-10-37/h4-6,9-10,12-23,30,32,34,43,46,51H,7-8,11,24-29,31,33,54-56H2,1-3H3,(H,57,62)/t34-,43-,46+,51+/m1/s1. The maximum absolute atomic E-state index is 14.9. The number of ketones is 3. The Balaban J connectivity index is 1.35. The van der Waals surface area contributed by atoms with Gasteiger partial charge < -0.3 is 36.9 Å². The number of nitrogens with zero attached hydrogens (tertiary/aromatic N) is 1. The smallest absolute Gasteiger partial charge is 0.226 e. The van der Waals surface area contributed by atoms with Gasteiger partial charge in [0.2, 0.25) is 11.8 Å². The number of nitrogens with two attached hydrogens (primary N) is 3. The minimum Gasteiger partial charge on any atom is -0.492 e. The summed E-state index contributed by atoms with van der Waals surface area (Å²) in [4.78, 5) is 71.6. The van der Waals surface area contributed by atoms with Gasteiger partial charge in [0.05, 0.1) is 6.04 Å². The molecule has 0 aliphatic carbocycles. The fraction of sp³-hybridized carbons (Fsp3) is 0.340. The van der Waals surface area contributed by atoms with Gasteiger partial charge in [-0.25, -0.2) is 0 Å². The third-order valence-electron chi connectivity index (χ3n) is 12.0. The largest absolute Gasteiger partial charge is 0.492 e. The van der Waals surface area contributed by atoms with Crippen LogP contribution in [0.1, 0.15) is 73.5 Å². The zero-order chi connectivity index (χ0) is 46.5. The SMILES string of the molecule is CC(=O)[C@@H]1Cc2ccc(OCCN)c(c2)-c2cc(ccc2OCCN)[C@H](N(C)C(=O)[C@H](CCCCN)CC(=O)c2ccc(-c3ccc(-c4ccccc4)cc3)cc2)C(=O)C[C@@H](C)C(=O)N1. The molecule has 6 rings (SSSR count). The molecular weight excluding hydrogens is 819 g/mol. The summed E-state index contributed by atoms with van der Waals surface area (Å²) in [5.41, 5.74) is 24.6. The molecule has 0 radical (unpaired) electrons. The van der Waals surface area contributed by atoms with E-state index in [9.17, 15) is 24.0 Å². The summed E-state index contributed by atoms with van der Waals surface area (Å²) in [7, 11) is 1.57. The lowest BCUT2D eigenvalue weighted by Gasteiger charge is -2.32. The Hall–Kier alpha value is -6.47. The van der Waals surface area contributed by atoms with Gasteiger partial charge in [0.1, 0.15) is 30.8 Å². The van der Waals surface area contributed by atoms with E-state index in [0.717, 1.165) is 27.8 Å². The molecule has 0 saturated carbocycles. The average molecular weight is 880 g/mol. The molecule has 12 nitrogen and oxygen atoms in total. The van der Waals surface area contributed by atoms with Crippen LogP contribution in [0.2, 0.25) is 0 Å². The lowest BCUT2D eigenvalue weighted by molar-refractivity contribution is -0.142. The van der Waals surface area contributed by atoms with Gasteiger partial charge in [-0.2, -0.15) is 0 Å². The van der Waals surface area contributed by atoms with E-state index < -0.39 is 41.5 Å². The molecule has 65 heavy (non-hydrogen) atoms. The highest BCUT2D eigenvalue weighted by molar-refractivity contribution is 6.00. The molecule has 2 amide bonds. The van der Waals surface area contributed by atoms with Crippen LogP contribution in [-0.4, -0.2) is 80.0 Å². The molecule has 7 N–H and O–H groups in total. The molecule has 1 aliphatic heterocycles. The Morgan fingerprint density at radius 1 is 0.708 bits per heavy atom. The second-order valence-corrected chi connectivity index (χ2v) is 16.8. The molecular formula is C53H61N5O7. The van der Waals surface area contributed by atoms with E-state index in [4.69, 9.17) is 26.7 Å². The van der Waals surface area contributed by atoms with Crippen molar-refractivity contribution in [2.24, 2.45) is 29.0 Å². The third-order valence-corrected chi connectivity index (χ3v) is 12.0. The van der Waals surface area contributed by atoms with Crippen LogP contribution in [0.5, 0.6) is 11.5 Å². The number of likely N-dealkylation sites (N-methyl/N-ethyl adjacent to an activating group) is 1. The number of nitrogens with one attached hydrogen (secondary N) is 1. The molecule has 5 aromatic carbocycles. The van der Waals surface area contributed by atoms with Crippen LogP contribution in [0, 0.1) is 11.8 Å². The Kier molecular flexibility index (Phi) is 16.9. The highest BCUT2D eigenvalue weighted by atomic mass is 16.5. The highest BCUT2D eigenvalue weighted by Crippen LogP contribution is 2.41. The van der Waals surface area contributed by atoms with Gasteiger partial charge in [-0.3, -0.25) is 24.0 Å². The number of amides is 2. The van der Waals surface area contributed by atoms with Gasteiger partial charge in [-0.1, -0.05) is 104 Å². The van der Waals surface area contributed by atoms with Crippen LogP contribution in [0.15, 0.2) is 115 Å². The average Bonchev–Trinajstić information content (AvgIpc) is 3.32. The Morgan fingerprint density at radius 3 is 1.86 bits per heavy atom. The van der Waals surface area contributed by atoms with Crippen molar-refractivity contribution in [2.75, 3.05) is 39.9 Å². The van der Waals surface area contributed by atoms with Crippen LogP contribution < -0.4 is 32.0 Å². The number of rotatable bonds is 18. The first-order valence-corrected chi connectivity index (χ1v) is 22.4. The quantitative estimate of drug-likeness (QED) is 0.0520. The molecule has 0 spiro atoms. The van der Waals surface area contributed by atoms with Crippen molar-refractivity contribution in [3.05, 3.63) is 132 Å². The molecule has 0 unspecified atom stereocenters. The number of ether oxygens (including phenoxy) is 2. The highest BCUT2D eigenvalue weighted by Gasteiger charge is 2.36. The summed E-state index contributed by atoms with van der Waals surface area (Å²) < 4.78 is 12.3. The van der Waals surface area contributed by atoms with E-state index in [1.54, 1.807) is 50.4 Å². The molecule has 0 saturated heterocycles. The number of fused-ring (bicyclic) bond motifs is 5. The topological polar surface area (TPSA) is 197 Å². The number of carbonyl (C=O) groups excluding carboxylic acids is 5. The predicted molar refractivity (Wildman–Crippen MR) is 254 cm³/mol. The number of Topliss-reactive ketones (excluding diaryl/α,β-unsaturated/α-hetero) is 3. The molecule has 12 heteroatoms. The Bertz CT molecular complexity index is 2440. The zero-order valence-electron chi connectivity index (χ0n) is 37.6. The van der Waals surface area contributed by atoms with E-state index in [2.05, 4.69) is 41.7 Å². The summed E-state index contributed by atoms with van der Waals surface area (Å²) >= 11 is 0. The first-order valence-electron chi connectivity index (χ1n) is 22.4. The van der Waals surface area contributed by atoms with Crippen LogP contribution >= 0.6 is 0 Å². The van der Waals surface area contributed by atoms with Crippen molar-refractivity contribution in [1.82, 2.24) is 10.2 Å². The first-order chi connectivity index (χ1) is 31.4. The molecule has 4 atom stereocenters. The Morgan fingerprint density at radius 2 is 1.28 bits per heavy atom.